The van der Waals surface area contributed by atoms with Crippen LogP contribution in [0.1, 0.15) is 32.3 Å². The van der Waals surface area contributed by atoms with E-state index in [1.54, 1.807) is 7.11 Å². The minimum Gasteiger partial charge on any atom is -0.384 e. The van der Waals surface area contributed by atoms with Gasteiger partial charge in [-0.2, -0.15) is 0 Å². The molecule has 1 aromatic carbocycles. The number of methoxy groups -OCH3 is 1. The van der Waals surface area contributed by atoms with Crippen molar-refractivity contribution >= 4 is 5.69 Å². The van der Waals surface area contributed by atoms with E-state index in [-0.39, 0.29) is 0 Å². The van der Waals surface area contributed by atoms with E-state index in [1.165, 1.54) is 29.7 Å². The van der Waals surface area contributed by atoms with E-state index in [0.717, 1.165) is 18.4 Å². The molecule has 2 unspecified atom stereocenters. The van der Waals surface area contributed by atoms with Gasteiger partial charge in [0.25, 0.3) is 0 Å². The van der Waals surface area contributed by atoms with E-state index in [4.69, 9.17) is 4.74 Å². The zero-order valence-electron chi connectivity index (χ0n) is 12.3. The van der Waals surface area contributed by atoms with Gasteiger partial charge in [0.1, 0.15) is 0 Å². The summed E-state index contributed by atoms with van der Waals surface area (Å²) in [5.41, 5.74) is 3.99. The average molecular weight is 259 g/mol. The molecule has 2 atom stereocenters. The van der Waals surface area contributed by atoms with Gasteiger partial charge in [-0.15, -0.1) is 0 Å². The van der Waals surface area contributed by atoms with Gasteiger partial charge in [0, 0.05) is 24.9 Å². The number of ether oxygens (including phenoxy) is 1. The lowest BCUT2D eigenvalue weighted by molar-refractivity contribution is 0.185. The molecule has 0 aromatic heterocycles. The van der Waals surface area contributed by atoms with Crippen molar-refractivity contribution in [2.45, 2.75) is 33.3 Å². The van der Waals surface area contributed by atoms with Crippen molar-refractivity contribution in [3.05, 3.63) is 41.5 Å². The van der Waals surface area contributed by atoms with Gasteiger partial charge >= 0.3 is 0 Å². The van der Waals surface area contributed by atoms with Crippen molar-refractivity contribution in [1.82, 2.24) is 0 Å². The van der Waals surface area contributed by atoms with Crippen LogP contribution in [-0.2, 0) is 11.3 Å². The summed E-state index contributed by atoms with van der Waals surface area (Å²) in [6.45, 7) is 6.29. The van der Waals surface area contributed by atoms with Crippen LogP contribution in [0.4, 0.5) is 5.69 Å². The summed E-state index contributed by atoms with van der Waals surface area (Å²) >= 11 is 0. The number of hydrogen-bond donors (Lipinski definition) is 1. The molecule has 0 fully saturated rings. The molecule has 0 aliphatic heterocycles. The van der Waals surface area contributed by atoms with Crippen LogP contribution >= 0.6 is 0 Å². The molecule has 1 aliphatic rings. The first-order valence-corrected chi connectivity index (χ1v) is 7.17. The number of anilines is 1. The van der Waals surface area contributed by atoms with Crippen molar-refractivity contribution in [3.63, 3.8) is 0 Å². The molecule has 0 saturated heterocycles. The number of para-hydroxylation sites is 1. The van der Waals surface area contributed by atoms with Crippen LogP contribution in [0.15, 0.2) is 35.9 Å². The highest BCUT2D eigenvalue weighted by atomic mass is 16.5. The van der Waals surface area contributed by atoms with Crippen molar-refractivity contribution < 1.29 is 4.74 Å². The Balaban J connectivity index is 1.94. The second kappa shape index (κ2) is 6.76. The maximum absolute atomic E-state index is 5.25. The highest BCUT2D eigenvalue weighted by molar-refractivity contribution is 5.50. The first kappa shape index (κ1) is 14.1. The van der Waals surface area contributed by atoms with Gasteiger partial charge in [-0.1, -0.05) is 36.8 Å². The molecule has 0 amide bonds. The summed E-state index contributed by atoms with van der Waals surface area (Å²) in [5.74, 6) is 1.46. The summed E-state index contributed by atoms with van der Waals surface area (Å²) in [7, 11) is 1.74. The molecule has 2 rings (SSSR count). The Kier molecular flexibility index (Phi) is 5.03. The second-order valence-electron chi connectivity index (χ2n) is 5.77. The van der Waals surface area contributed by atoms with Crippen LogP contribution in [0.2, 0.25) is 0 Å². The van der Waals surface area contributed by atoms with Gasteiger partial charge in [0.2, 0.25) is 0 Å². The Bertz CT molecular complexity index is 439. The molecule has 2 heteroatoms. The van der Waals surface area contributed by atoms with Gasteiger partial charge in [-0.25, -0.2) is 0 Å². The molecule has 0 spiro atoms. The number of hydrogen-bond acceptors (Lipinski definition) is 2. The standard InChI is InChI=1S/C17H25NO/c1-13-8-14(2)10-15(9-13)11-18-17-7-5-4-6-16(17)12-19-3/h4-8,13,15,18H,9-12H2,1-3H3. The summed E-state index contributed by atoms with van der Waals surface area (Å²) in [5, 5.41) is 3.60. The molecule has 2 nitrogen and oxygen atoms in total. The fraction of sp³-hybridized carbons (Fsp3) is 0.529. The lowest BCUT2D eigenvalue weighted by Gasteiger charge is -2.26. The third-order valence-electron chi connectivity index (χ3n) is 3.78. The molecule has 19 heavy (non-hydrogen) atoms. The molecular formula is C17H25NO. The fourth-order valence-electron chi connectivity index (χ4n) is 3.07. The van der Waals surface area contributed by atoms with E-state index in [1.807, 2.05) is 0 Å². The van der Waals surface area contributed by atoms with Crippen LogP contribution in [0.25, 0.3) is 0 Å². The zero-order chi connectivity index (χ0) is 13.7. The second-order valence-corrected chi connectivity index (χ2v) is 5.77. The summed E-state index contributed by atoms with van der Waals surface area (Å²) in [6.07, 6.45) is 4.93. The fourth-order valence-corrected chi connectivity index (χ4v) is 3.07. The normalized spacial score (nSPS) is 23.0. The molecule has 0 radical (unpaired) electrons. The van der Waals surface area contributed by atoms with Crippen LogP contribution in [0.3, 0.4) is 0 Å². The zero-order valence-corrected chi connectivity index (χ0v) is 12.3. The Morgan fingerprint density at radius 1 is 1.32 bits per heavy atom. The van der Waals surface area contributed by atoms with Gasteiger partial charge in [0.15, 0.2) is 0 Å². The van der Waals surface area contributed by atoms with Gasteiger partial charge in [0.05, 0.1) is 6.61 Å². The highest BCUT2D eigenvalue weighted by Gasteiger charge is 2.17. The number of benzene rings is 1. The average Bonchev–Trinajstić information content (AvgIpc) is 2.37. The first-order chi connectivity index (χ1) is 9.19. The van der Waals surface area contributed by atoms with E-state index >= 15 is 0 Å². The summed E-state index contributed by atoms with van der Waals surface area (Å²) in [4.78, 5) is 0. The van der Waals surface area contributed by atoms with E-state index < -0.39 is 0 Å². The third-order valence-corrected chi connectivity index (χ3v) is 3.78. The third kappa shape index (κ3) is 4.10. The quantitative estimate of drug-likeness (QED) is 0.799. The Hall–Kier alpha value is -1.28. The monoisotopic (exact) mass is 259 g/mol. The highest BCUT2D eigenvalue weighted by Crippen LogP contribution is 2.28. The minimum atomic E-state index is 0.670. The molecule has 1 aromatic rings. The first-order valence-electron chi connectivity index (χ1n) is 7.17. The van der Waals surface area contributed by atoms with Crippen LogP contribution in [-0.4, -0.2) is 13.7 Å². The maximum atomic E-state index is 5.25. The Labute approximate surface area is 116 Å². The van der Waals surface area contributed by atoms with Crippen LogP contribution < -0.4 is 5.32 Å². The van der Waals surface area contributed by atoms with E-state index in [9.17, 15) is 0 Å². The number of rotatable bonds is 5. The Morgan fingerprint density at radius 3 is 2.84 bits per heavy atom. The predicted molar refractivity (Wildman–Crippen MR) is 81.3 cm³/mol. The molecule has 104 valence electrons. The van der Waals surface area contributed by atoms with E-state index in [0.29, 0.717) is 6.61 Å². The smallest absolute Gasteiger partial charge is 0.0733 e. The largest absolute Gasteiger partial charge is 0.384 e. The van der Waals surface area contributed by atoms with Crippen LogP contribution in [0.5, 0.6) is 0 Å². The van der Waals surface area contributed by atoms with Crippen molar-refractivity contribution in [1.29, 1.82) is 0 Å². The SMILES string of the molecule is COCc1ccccc1NCC1CC(C)=CC(C)C1. The van der Waals surface area contributed by atoms with Gasteiger partial charge in [-0.05, 0) is 37.7 Å². The summed E-state index contributed by atoms with van der Waals surface area (Å²) < 4.78 is 5.25. The predicted octanol–water partition coefficient (Wildman–Crippen LogP) is 4.24. The van der Waals surface area contributed by atoms with E-state index in [2.05, 4.69) is 49.5 Å². The van der Waals surface area contributed by atoms with Crippen molar-refractivity contribution in [2.24, 2.45) is 11.8 Å². The molecule has 0 heterocycles. The number of allylic oxidation sites excluding steroid dienone is 2. The van der Waals surface area contributed by atoms with Gasteiger partial charge < -0.3 is 10.1 Å². The Morgan fingerprint density at radius 2 is 2.11 bits per heavy atom. The summed E-state index contributed by atoms with van der Waals surface area (Å²) in [6, 6.07) is 8.41. The minimum absolute atomic E-state index is 0.670. The lowest BCUT2D eigenvalue weighted by atomic mass is 9.83. The van der Waals surface area contributed by atoms with Crippen molar-refractivity contribution in [3.8, 4) is 0 Å². The van der Waals surface area contributed by atoms with Crippen LogP contribution in [0, 0.1) is 11.8 Å². The molecule has 1 aliphatic carbocycles. The molecule has 0 saturated carbocycles. The number of nitrogens with one attached hydrogen (secondary N) is 1. The molecule has 1 N–H and O–H groups in total. The molecular weight excluding hydrogens is 234 g/mol. The maximum Gasteiger partial charge on any atom is 0.0733 e. The lowest BCUT2D eigenvalue weighted by Crippen LogP contribution is -2.20. The van der Waals surface area contributed by atoms with Gasteiger partial charge in [-0.3, -0.25) is 0 Å². The topological polar surface area (TPSA) is 21.3 Å². The molecule has 0 bridgehead atoms. The van der Waals surface area contributed by atoms with Crippen molar-refractivity contribution in [2.75, 3.05) is 19.0 Å².